The Hall–Kier alpha value is -3.32. The van der Waals surface area contributed by atoms with E-state index in [-0.39, 0.29) is 28.4 Å². The van der Waals surface area contributed by atoms with Crippen molar-refractivity contribution >= 4 is 29.1 Å². The summed E-state index contributed by atoms with van der Waals surface area (Å²) in [6.45, 7) is 0. The van der Waals surface area contributed by atoms with Crippen LogP contribution in [-0.4, -0.2) is 25.0 Å². The number of carbonyl (C=O) groups is 2. The van der Waals surface area contributed by atoms with E-state index in [9.17, 15) is 14.0 Å². The van der Waals surface area contributed by atoms with Crippen LogP contribution in [0.5, 0.6) is 5.75 Å². The number of halogens is 2. The third-order valence-electron chi connectivity index (χ3n) is 5.75. The number of methoxy groups -OCH3 is 1. The van der Waals surface area contributed by atoms with Gasteiger partial charge in [0.2, 0.25) is 5.91 Å². The van der Waals surface area contributed by atoms with Crippen molar-refractivity contribution in [1.29, 1.82) is 0 Å². The van der Waals surface area contributed by atoms with E-state index in [1.54, 1.807) is 30.3 Å². The van der Waals surface area contributed by atoms with Gasteiger partial charge in [0.05, 0.1) is 18.4 Å². The number of benzene rings is 2. The average Bonchev–Trinajstić information content (AvgIpc) is 3.53. The molecular weight excluding hydrogens is 447 g/mol. The lowest BCUT2D eigenvalue weighted by Crippen LogP contribution is -2.46. The van der Waals surface area contributed by atoms with Crippen molar-refractivity contribution < 1.29 is 23.1 Å². The quantitative estimate of drug-likeness (QED) is 0.493. The molecule has 0 aliphatic heterocycles. The number of amides is 2. The largest absolute Gasteiger partial charge is 0.497 e. The first-order valence-electron chi connectivity index (χ1n) is 10.7. The highest BCUT2D eigenvalue weighted by molar-refractivity contribution is 6.31. The van der Waals surface area contributed by atoms with Crippen LogP contribution < -0.4 is 15.0 Å². The molecule has 2 aromatic carbocycles. The maximum absolute atomic E-state index is 13.9. The predicted octanol–water partition coefficient (Wildman–Crippen LogP) is 5.53. The maximum Gasteiger partial charge on any atom is 0.294 e. The van der Waals surface area contributed by atoms with E-state index in [1.165, 1.54) is 36.5 Å². The molecule has 1 N–H and O–H groups in total. The van der Waals surface area contributed by atoms with Crippen LogP contribution in [0, 0.1) is 5.82 Å². The molecule has 0 radical (unpaired) electrons. The molecule has 1 aromatic heterocycles. The standard InChI is InChI=1S/C25H24ClFN2O4/c1-32-19-9-4-6-16(14-19)23(24(30)28-17-7-2-3-8-17)29(25(31)22-10-5-13-33-22)18-11-12-21(27)20(26)15-18/h4-6,9-15,17,23H,2-3,7-8H2,1H3,(H,28,30). The Balaban J connectivity index is 1.84. The lowest BCUT2D eigenvalue weighted by atomic mass is 10.0. The zero-order chi connectivity index (χ0) is 23.4. The minimum absolute atomic E-state index is 0.0305. The lowest BCUT2D eigenvalue weighted by Gasteiger charge is -2.32. The van der Waals surface area contributed by atoms with Gasteiger partial charge in [0, 0.05) is 11.7 Å². The summed E-state index contributed by atoms with van der Waals surface area (Å²) in [5.74, 6) is -0.961. The van der Waals surface area contributed by atoms with Gasteiger partial charge in [-0.3, -0.25) is 14.5 Å². The number of nitrogens with one attached hydrogen (secondary N) is 1. The van der Waals surface area contributed by atoms with Crippen LogP contribution in [0.15, 0.2) is 65.3 Å². The van der Waals surface area contributed by atoms with Gasteiger partial charge in [0.1, 0.15) is 17.6 Å². The van der Waals surface area contributed by atoms with E-state index in [0.29, 0.717) is 11.3 Å². The van der Waals surface area contributed by atoms with E-state index in [2.05, 4.69) is 5.32 Å². The smallest absolute Gasteiger partial charge is 0.294 e. The molecule has 172 valence electrons. The van der Waals surface area contributed by atoms with E-state index in [0.717, 1.165) is 31.7 Å². The topological polar surface area (TPSA) is 71.8 Å². The van der Waals surface area contributed by atoms with E-state index >= 15 is 0 Å². The first kappa shape index (κ1) is 22.9. The molecule has 1 heterocycles. The molecule has 0 spiro atoms. The first-order chi connectivity index (χ1) is 16.0. The van der Waals surface area contributed by atoms with Crippen LogP contribution in [0.1, 0.15) is 47.8 Å². The Kier molecular flexibility index (Phi) is 6.99. The second-order valence-corrected chi connectivity index (χ2v) is 8.33. The molecule has 0 saturated heterocycles. The maximum atomic E-state index is 13.9. The Bertz CT molecular complexity index is 1130. The highest BCUT2D eigenvalue weighted by Gasteiger charge is 2.36. The number of anilines is 1. The second-order valence-electron chi connectivity index (χ2n) is 7.92. The molecule has 3 aromatic rings. The van der Waals surface area contributed by atoms with Gasteiger partial charge in [0.25, 0.3) is 5.91 Å². The number of hydrogen-bond acceptors (Lipinski definition) is 4. The van der Waals surface area contributed by atoms with Gasteiger partial charge in [-0.15, -0.1) is 0 Å². The fraction of sp³-hybridized carbons (Fsp3) is 0.280. The molecule has 6 nitrogen and oxygen atoms in total. The zero-order valence-corrected chi connectivity index (χ0v) is 18.8. The van der Waals surface area contributed by atoms with Crippen molar-refractivity contribution in [2.24, 2.45) is 0 Å². The SMILES string of the molecule is COc1cccc(C(C(=O)NC2CCCC2)N(C(=O)c2ccco2)c2ccc(F)c(Cl)c2)c1. The number of carbonyl (C=O) groups excluding carboxylic acids is 2. The number of furan rings is 1. The van der Waals surface area contributed by atoms with Crippen LogP contribution in [0.4, 0.5) is 10.1 Å². The molecule has 1 saturated carbocycles. The van der Waals surface area contributed by atoms with Crippen molar-refractivity contribution in [3.63, 3.8) is 0 Å². The first-order valence-corrected chi connectivity index (χ1v) is 11.1. The van der Waals surface area contributed by atoms with Crippen LogP contribution in [-0.2, 0) is 4.79 Å². The van der Waals surface area contributed by atoms with Gasteiger partial charge in [0.15, 0.2) is 5.76 Å². The lowest BCUT2D eigenvalue weighted by molar-refractivity contribution is -0.123. The fourth-order valence-electron chi connectivity index (χ4n) is 4.12. The summed E-state index contributed by atoms with van der Waals surface area (Å²) in [6, 6.07) is 12.9. The number of hydrogen-bond donors (Lipinski definition) is 1. The fourth-order valence-corrected chi connectivity index (χ4v) is 4.29. The third-order valence-corrected chi connectivity index (χ3v) is 6.04. The molecule has 1 atom stereocenters. The molecular formula is C25H24ClFN2O4. The monoisotopic (exact) mass is 470 g/mol. The van der Waals surface area contributed by atoms with Crippen molar-refractivity contribution in [3.05, 3.63) is 83.0 Å². The summed E-state index contributed by atoms with van der Waals surface area (Å²) in [7, 11) is 1.53. The van der Waals surface area contributed by atoms with Crippen LogP contribution in [0.3, 0.4) is 0 Å². The minimum Gasteiger partial charge on any atom is -0.497 e. The Morgan fingerprint density at radius 2 is 1.94 bits per heavy atom. The summed E-state index contributed by atoms with van der Waals surface area (Å²) < 4.78 is 24.6. The second kappa shape index (κ2) is 10.1. The highest BCUT2D eigenvalue weighted by atomic mass is 35.5. The van der Waals surface area contributed by atoms with Gasteiger partial charge in [-0.05, 0) is 60.9 Å². The normalized spacial score (nSPS) is 14.6. The molecule has 33 heavy (non-hydrogen) atoms. The molecule has 8 heteroatoms. The third kappa shape index (κ3) is 5.03. The number of ether oxygens (including phenoxy) is 1. The van der Waals surface area contributed by atoms with E-state index < -0.39 is 17.8 Å². The summed E-state index contributed by atoms with van der Waals surface area (Å²) in [5.41, 5.74) is 0.794. The molecule has 1 aliphatic rings. The van der Waals surface area contributed by atoms with Crippen LogP contribution in [0.2, 0.25) is 5.02 Å². The van der Waals surface area contributed by atoms with Crippen molar-refractivity contribution in [2.45, 2.75) is 37.8 Å². The summed E-state index contributed by atoms with van der Waals surface area (Å²) in [6.07, 6.45) is 5.22. The summed E-state index contributed by atoms with van der Waals surface area (Å²) in [4.78, 5) is 28.5. The molecule has 2 amide bonds. The summed E-state index contributed by atoms with van der Waals surface area (Å²) in [5, 5.41) is 2.92. The average molecular weight is 471 g/mol. The van der Waals surface area contributed by atoms with Gasteiger partial charge >= 0.3 is 0 Å². The van der Waals surface area contributed by atoms with Gasteiger partial charge in [-0.25, -0.2) is 4.39 Å². The van der Waals surface area contributed by atoms with Crippen molar-refractivity contribution in [3.8, 4) is 5.75 Å². The molecule has 0 bridgehead atoms. The Labute approximate surface area is 196 Å². The van der Waals surface area contributed by atoms with Crippen molar-refractivity contribution in [2.75, 3.05) is 12.0 Å². The number of rotatable bonds is 7. The zero-order valence-electron chi connectivity index (χ0n) is 18.1. The number of nitrogens with zero attached hydrogens (tertiary/aromatic N) is 1. The molecule has 1 unspecified atom stereocenters. The van der Waals surface area contributed by atoms with Gasteiger partial charge in [-0.1, -0.05) is 36.6 Å². The van der Waals surface area contributed by atoms with Crippen molar-refractivity contribution in [1.82, 2.24) is 5.32 Å². The molecule has 1 fully saturated rings. The predicted molar refractivity (Wildman–Crippen MR) is 123 cm³/mol. The van der Waals surface area contributed by atoms with E-state index in [4.69, 9.17) is 20.8 Å². The summed E-state index contributed by atoms with van der Waals surface area (Å²) >= 11 is 6.05. The van der Waals surface area contributed by atoms with E-state index in [1.807, 2.05) is 0 Å². The highest BCUT2D eigenvalue weighted by Crippen LogP contribution is 2.34. The van der Waals surface area contributed by atoms with Gasteiger partial charge in [-0.2, -0.15) is 0 Å². The minimum atomic E-state index is -1.07. The Morgan fingerprint density at radius 1 is 1.15 bits per heavy atom. The van der Waals surface area contributed by atoms with Crippen LogP contribution >= 0.6 is 11.6 Å². The van der Waals surface area contributed by atoms with Crippen LogP contribution in [0.25, 0.3) is 0 Å². The Morgan fingerprint density at radius 3 is 2.61 bits per heavy atom. The van der Waals surface area contributed by atoms with Gasteiger partial charge < -0.3 is 14.5 Å². The molecule has 4 rings (SSSR count). The molecule has 1 aliphatic carbocycles.